The van der Waals surface area contributed by atoms with Crippen LogP contribution in [0.3, 0.4) is 0 Å². The second kappa shape index (κ2) is 8.05. The lowest BCUT2D eigenvalue weighted by Gasteiger charge is -2.25. The molecule has 1 unspecified atom stereocenters. The van der Waals surface area contributed by atoms with Gasteiger partial charge in [-0.25, -0.2) is 0 Å². The van der Waals surface area contributed by atoms with Crippen LogP contribution in [-0.2, 0) is 11.2 Å². The number of amides is 1. The Balaban J connectivity index is 1.64. The highest BCUT2D eigenvalue weighted by Gasteiger charge is 2.23. The van der Waals surface area contributed by atoms with Crippen molar-refractivity contribution < 1.29 is 9.32 Å². The van der Waals surface area contributed by atoms with E-state index in [4.69, 9.17) is 16.1 Å². The first kappa shape index (κ1) is 18.0. The second-order valence-corrected chi connectivity index (χ2v) is 7.32. The molecule has 25 heavy (non-hydrogen) atoms. The van der Waals surface area contributed by atoms with Crippen molar-refractivity contribution in [2.75, 3.05) is 13.1 Å². The first-order chi connectivity index (χ1) is 12.0. The van der Waals surface area contributed by atoms with E-state index in [1.54, 1.807) is 0 Å². The van der Waals surface area contributed by atoms with E-state index in [0.29, 0.717) is 18.8 Å². The van der Waals surface area contributed by atoms with Gasteiger partial charge in [-0.05, 0) is 50.8 Å². The van der Waals surface area contributed by atoms with Gasteiger partial charge in [0.25, 0.3) is 0 Å². The fourth-order valence-corrected chi connectivity index (χ4v) is 3.75. The van der Waals surface area contributed by atoms with Crippen molar-refractivity contribution in [3.8, 4) is 0 Å². The van der Waals surface area contributed by atoms with E-state index in [0.717, 1.165) is 54.4 Å². The zero-order chi connectivity index (χ0) is 17.8. The highest BCUT2D eigenvalue weighted by molar-refractivity contribution is 6.30. The summed E-state index contributed by atoms with van der Waals surface area (Å²) in [6.45, 7) is 5.48. The molecule has 1 atom stereocenters. The van der Waals surface area contributed by atoms with E-state index in [1.807, 2.05) is 30.9 Å². The lowest BCUT2D eigenvalue weighted by atomic mass is 9.94. The van der Waals surface area contributed by atoms with Crippen molar-refractivity contribution in [2.45, 2.75) is 51.9 Å². The van der Waals surface area contributed by atoms with Crippen molar-refractivity contribution >= 4 is 17.5 Å². The summed E-state index contributed by atoms with van der Waals surface area (Å²) in [7, 11) is 0. The fourth-order valence-electron chi connectivity index (χ4n) is 3.62. The lowest BCUT2D eigenvalue weighted by Crippen LogP contribution is -2.34. The number of carbonyl (C=O) groups excluding carboxylic acids is 1. The molecule has 0 bridgehead atoms. The van der Waals surface area contributed by atoms with Crippen LogP contribution < -0.4 is 0 Å². The van der Waals surface area contributed by atoms with Crippen molar-refractivity contribution in [1.82, 2.24) is 10.1 Å². The Morgan fingerprint density at radius 2 is 2.04 bits per heavy atom. The summed E-state index contributed by atoms with van der Waals surface area (Å²) in [4.78, 5) is 14.8. The lowest BCUT2D eigenvalue weighted by molar-refractivity contribution is -0.131. The van der Waals surface area contributed by atoms with Crippen LogP contribution in [-0.4, -0.2) is 29.1 Å². The molecule has 1 aromatic carbocycles. The van der Waals surface area contributed by atoms with Crippen molar-refractivity contribution in [3.63, 3.8) is 0 Å². The van der Waals surface area contributed by atoms with Gasteiger partial charge >= 0.3 is 0 Å². The summed E-state index contributed by atoms with van der Waals surface area (Å²) < 4.78 is 5.19. The number of hydrogen-bond acceptors (Lipinski definition) is 3. The normalized spacial score (nSPS) is 18.2. The number of carbonyl (C=O) groups is 1. The number of aryl methyl sites for hydroxylation is 2. The molecule has 1 fully saturated rings. The molecule has 1 amide bonds. The predicted molar refractivity (Wildman–Crippen MR) is 98.9 cm³/mol. The molecule has 1 aliphatic heterocycles. The van der Waals surface area contributed by atoms with E-state index < -0.39 is 0 Å². The molecule has 3 rings (SSSR count). The molecule has 5 heteroatoms. The molecule has 0 aliphatic carbocycles. The van der Waals surface area contributed by atoms with Gasteiger partial charge in [-0.15, -0.1) is 0 Å². The first-order valence-electron chi connectivity index (χ1n) is 8.99. The minimum atomic E-state index is 0.223. The van der Waals surface area contributed by atoms with Gasteiger partial charge in [-0.1, -0.05) is 35.3 Å². The van der Waals surface area contributed by atoms with Crippen LogP contribution in [0.4, 0.5) is 0 Å². The number of likely N-dealkylation sites (tertiary alicyclic amines) is 1. The zero-order valence-corrected chi connectivity index (χ0v) is 15.7. The standard InChI is InChI=1S/C20H25ClN2O2/c1-14-19(15(2)25-22-14)10-11-20(24)23-12-4-3-5-17(13-23)16-6-8-18(21)9-7-16/h6-9,17H,3-5,10-13H2,1-2H3. The van der Waals surface area contributed by atoms with Crippen molar-refractivity contribution in [3.05, 3.63) is 51.9 Å². The van der Waals surface area contributed by atoms with Crippen molar-refractivity contribution in [2.24, 2.45) is 0 Å². The Morgan fingerprint density at radius 3 is 2.72 bits per heavy atom. The summed E-state index contributed by atoms with van der Waals surface area (Å²) in [6.07, 6.45) is 4.55. The first-order valence-corrected chi connectivity index (χ1v) is 9.37. The Kier molecular flexibility index (Phi) is 5.79. The van der Waals surface area contributed by atoms with E-state index >= 15 is 0 Å². The largest absolute Gasteiger partial charge is 0.361 e. The Morgan fingerprint density at radius 1 is 1.28 bits per heavy atom. The molecule has 0 saturated carbocycles. The fraction of sp³-hybridized carbons (Fsp3) is 0.500. The molecule has 2 aromatic rings. The molecule has 4 nitrogen and oxygen atoms in total. The quantitative estimate of drug-likeness (QED) is 0.795. The van der Waals surface area contributed by atoms with Gasteiger partial charge in [0.1, 0.15) is 5.76 Å². The summed E-state index contributed by atoms with van der Waals surface area (Å²) in [5, 5.41) is 4.72. The molecular formula is C20H25ClN2O2. The maximum absolute atomic E-state index is 12.8. The summed E-state index contributed by atoms with van der Waals surface area (Å²) in [5.41, 5.74) is 3.23. The van der Waals surface area contributed by atoms with E-state index in [9.17, 15) is 4.79 Å². The zero-order valence-electron chi connectivity index (χ0n) is 14.9. The van der Waals surface area contributed by atoms with Crippen LogP contribution in [0.2, 0.25) is 5.02 Å². The maximum atomic E-state index is 12.8. The van der Waals surface area contributed by atoms with Crippen LogP contribution >= 0.6 is 11.6 Å². The van der Waals surface area contributed by atoms with Gasteiger partial charge in [0.05, 0.1) is 5.69 Å². The maximum Gasteiger partial charge on any atom is 0.222 e. The second-order valence-electron chi connectivity index (χ2n) is 6.89. The third kappa shape index (κ3) is 4.43. The molecule has 1 saturated heterocycles. The Hall–Kier alpha value is -1.81. The van der Waals surface area contributed by atoms with Gasteiger partial charge in [0.2, 0.25) is 5.91 Å². The minimum absolute atomic E-state index is 0.223. The van der Waals surface area contributed by atoms with Gasteiger partial charge in [0, 0.05) is 36.0 Å². The Bertz CT molecular complexity index is 704. The molecule has 134 valence electrons. The third-order valence-corrected chi connectivity index (χ3v) is 5.39. The molecule has 0 radical (unpaired) electrons. The average Bonchev–Trinajstić information content (AvgIpc) is 2.80. The molecular weight excluding hydrogens is 336 g/mol. The molecule has 0 N–H and O–H groups in total. The monoisotopic (exact) mass is 360 g/mol. The topological polar surface area (TPSA) is 46.3 Å². The smallest absolute Gasteiger partial charge is 0.222 e. The van der Waals surface area contributed by atoms with Gasteiger partial charge < -0.3 is 9.42 Å². The van der Waals surface area contributed by atoms with Gasteiger partial charge in [0.15, 0.2) is 0 Å². The summed E-state index contributed by atoms with van der Waals surface area (Å²) in [6, 6.07) is 8.05. The molecule has 2 heterocycles. The van der Waals surface area contributed by atoms with Gasteiger partial charge in [-0.3, -0.25) is 4.79 Å². The highest BCUT2D eigenvalue weighted by Crippen LogP contribution is 2.28. The van der Waals surface area contributed by atoms with E-state index in [1.165, 1.54) is 5.56 Å². The van der Waals surface area contributed by atoms with E-state index in [-0.39, 0.29) is 5.91 Å². The number of halogens is 1. The van der Waals surface area contributed by atoms with Crippen molar-refractivity contribution in [1.29, 1.82) is 0 Å². The van der Waals surface area contributed by atoms with Gasteiger partial charge in [-0.2, -0.15) is 0 Å². The minimum Gasteiger partial charge on any atom is -0.361 e. The number of benzene rings is 1. The highest BCUT2D eigenvalue weighted by atomic mass is 35.5. The summed E-state index contributed by atoms with van der Waals surface area (Å²) in [5.74, 6) is 1.43. The average molecular weight is 361 g/mol. The van der Waals surface area contributed by atoms with E-state index in [2.05, 4.69) is 17.3 Å². The molecule has 1 aliphatic rings. The van der Waals surface area contributed by atoms with Crippen LogP contribution in [0.1, 0.15) is 54.2 Å². The Labute approximate surface area is 154 Å². The third-order valence-electron chi connectivity index (χ3n) is 5.14. The predicted octanol–water partition coefficient (Wildman–Crippen LogP) is 4.67. The van der Waals surface area contributed by atoms with Crippen LogP contribution in [0.5, 0.6) is 0 Å². The molecule has 1 aromatic heterocycles. The van der Waals surface area contributed by atoms with Crippen LogP contribution in [0.25, 0.3) is 0 Å². The number of rotatable bonds is 4. The number of hydrogen-bond donors (Lipinski definition) is 0. The summed E-state index contributed by atoms with van der Waals surface area (Å²) >= 11 is 6.00. The number of nitrogens with zero attached hydrogens (tertiary/aromatic N) is 2. The molecule has 0 spiro atoms. The number of aromatic nitrogens is 1. The van der Waals surface area contributed by atoms with Crippen LogP contribution in [0.15, 0.2) is 28.8 Å². The van der Waals surface area contributed by atoms with Crippen LogP contribution in [0, 0.1) is 13.8 Å². The SMILES string of the molecule is Cc1noc(C)c1CCC(=O)N1CCCCC(c2ccc(Cl)cc2)C1.